The number of H-pyrrole nitrogens is 1. The number of nitrogens with one attached hydrogen (secondary N) is 1. The molecule has 0 saturated heterocycles. The third kappa shape index (κ3) is 3.36. The summed E-state index contributed by atoms with van der Waals surface area (Å²) < 4.78 is 1.40. The molecular formula is C16H12Cl2N4O. The van der Waals surface area contributed by atoms with Crippen LogP contribution in [0.4, 0.5) is 11.4 Å². The molecular weight excluding hydrogens is 335 g/mol. The van der Waals surface area contributed by atoms with E-state index < -0.39 is 0 Å². The molecule has 0 saturated carbocycles. The molecule has 0 aliphatic rings. The van der Waals surface area contributed by atoms with E-state index in [2.05, 4.69) is 15.3 Å². The molecule has 1 aromatic heterocycles. The zero-order chi connectivity index (χ0) is 16.4. The van der Waals surface area contributed by atoms with Gasteiger partial charge in [0.25, 0.3) is 5.56 Å². The van der Waals surface area contributed by atoms with Gasteiger partial charge < -0.3 is 0 Å². The molecule has 5 nitrogen and oxygen atoms in total. The summed E-state index contributed by atoms with van der Waals surface area (Å²) in [6.45, 7) is 1.77. The standard InChI is InChI=1S/C16H12Cl2N4O/c1-10-15(20-19-13-6-2-11(17)3-7-13)16(23)22(21-10)14-8-4-12(18)5-9-14/h2-9,21H,1H3. The minimum Gasteiger partial charge on any atom is -0.293 e. The fraction of sp³-hybridized carbons (Fsp3) is 0.0625. The first-order valence-electron chi connectivity index (χ1n) is 6.79. The van der Waals surface area contributed by atoms with Gasteiger partial charge in [0.1, 0.15) is 0 Å². The Bertz CT molecular complexity index is 909. The second-order valence-electron chi connectivity index (χ2n) is 4.88. The van der Waals surface area contributed by atoms with Crippen LogP contribution in [0.25, 0.3) is 5.69 Å². The van der Waals surface area contributed by atoms with Crippen molar-refractivity contribution in [3.05, 3.63) is 74.6 Å². The Morgan fingerprint density at radius 1 is 0.913 bits per heavy atom. The predicted octanol–water partition coefficient (Wildman–Crippen LogP) is 5.20. The molecule has 1 heterocycles. The van der Waals surface area contributed by atoms with Crippen molar-refractivity contribution in [1.29, 1.82) is 0 Å². The van der Waals surface area contributed by atoms with Crippen molar-refractivity contribution in [1.82, 2.24) is 9.78 Å². The van der Waals surface area contributed by atoms with Gasteiger partial charge >= 0.3 is 0 Å². The van der Waals surface area contributed by atoms with E-state index in [1.54, 1.807) is 55.5 Å². The number of benzene rings is 2. The molecule has 7 heteroatoms. The maximum Gasteiger partial charge on any atom is 0.299 e. The first kappa shape index (κ1) is 15.5. The van der Waals surface area contributed by atoms with Crippen molar-refractivity contribution in [2.75, 3.05) is 0 Å². The molecule has 0 radical (unpaired) electrons. The topological polar surface area (TPSA) is 62.5 Å². The molecule has 0 fully saturated rings. The predicted molar refractivity (Wildman–Crippen MR) is 91.8 cm³/mol. The molecule has 3 rings (SSSR count). The van der Waals surface area contributed by atoms with Crippen molar-refractivity contribution < 1.29 is 0 Å². The molecule has 116 valence electrons. The van der Waals surface area contributed by atoms with Crippen molar-refractivity contribution in [3.63, 3.8) is 0 Å². The van der Waals surface area contributed by atoms with Crippen LogP contribution in [0.15, 0.2) is 63.6 Å². The van der Waals surface area contributed by atoms with Crippen LogP contribution in [0.5, 0.6) is 0 Å². The number of halogens is 2. The Kier molecular flexibility index (Phi) is 4.32. The van der Waals surface area contributed by atoms with Gasteiger partial charge in [-0.2, -0.15) is 5.11 Å². The lowest BCUT2D eigenvalue weighted by Gasteiger charge is -2.00. The number of hydrogen-bond acceptors (Lipinski definition) is 3. The van der Waals surface area contributed by atoms with Crippen molar-refractivity contribution >= 4 is 34.6 Å². The van der Waals surface area contributed by atoms with E-state index in [-0.39, 0.29) is 11.2 Å². The number of nitrogens with zero attached hydrogens (tertiary/aromatic N) is 3. The quantitative estimate of drug-likeness (QED) is 0.651. The van der Waals surface area contributed by atoms with E-state index in [1.165, 1.54) is 4.68 Å². The number of azo groups is 1. The third-order valence-corrected chi connectivity index (χ3v) is 3.72. The highest BCUT2D eigenvalue weighted by Crippen LogP contribution is 2.21. The van der Waals surface area contributed by atoms with Crippen LogP contribution < -0.4 is 5.56 Å². The highest BCUT2D eigenvalue weighted by atomic mass is 35.5. The molecule has 0 atom stereocenters. The minimum atomic E-state index is -0.275. The van der Waals surface area contributed by atoms with Gasteiger partial charge in [-0.05, 0) is 55.5 Å². The number of hydrogen-bond donors (Lipinski definition) is 1. The van der Waals surface area contributed by atoms with E-state index in [0.717, 1.165) is 0 Å². The van der Waals surface area contributed by atoms with E-state index in [9.17, 15) is 4.79 Å². The zero-order valence-corrected chi connectivity index (χ0v) is 13.6. The van der Waals surface area contributed by atoms with Crippen molar-refractivity contribution in [3.8, 4) is 5.69 Å². The molecule has 0 spiro atoms. The summed E-state index contributed by atoms with van der Waals surface area (Å²) in [7, 11) is 0. The van der Waals surface area contributed by atoms with Crippen molar-refractivity contribution in [2.45, 2.75) is 6.92 Å². The van der Waals surface area contributed by atoms with Gasteiger partial charge in [0.2, 0.25) is 0 Å². The average molecular weight is 347 g/mol. The lowest BCUT2D eigenvalue weighted by Crippen LogP contribution is -2.13. The van der Waals surface area contributed by atoms with E-state index in [1.807, 2.05) is 0 Å². The van der Waals surface area contributed by atoms with Gasteiger partial charge in [0.15, 0.2) is 5.69 Å². The van der Waals surface area contributed by atoms with Gasteiger partial charge in [-0.15, -0.1) is 5.11 Å². The van der Waals surface area contributed by atoms with Crippen LogP contribution in [0.3, 0.4) is 0 Å². The molecule has 2 aromatic carbocycles. The van der Waals surface area contributed by atoms with Gasteiger partial charge in [-0.25, -0.2) is 4.68 Å². The van der Waals surface area contributed by atoms with E-state index in [4.69, 9.17) is 23.2 Å². The molecule has 0 unspecified atom stereocenters. The molecule has 23 heavy (non-hydrogen) atoms. The van der Waals surface area contributed by atoms with Crippen molar-refractivity contribution in [2.24, 2.45) is 10.2 Å². The Labute approximate surface area is 142 Å². The monoisotopic (exact) mass is 346 g/mol. The van der Waals surface area contributed by atoms with Crippen LogP contribution in [-0.2, 0) is 0 Å². The summed E-state index contributed by atoms with van der Waals surface area (Å²) in [5, 5.41) is 12.3. The summed E-state index contributed by atoms with van der Waals surface area (Å²) in [4.78, 5) is 12.5. The normalized spacial score (nSPS) is 11.3. The lowest BCUT2D eigenvalue weighted by molar-refractivity contribution is 0.835. The molecule has 1 N–H and O–H groups in total. The number of aryl methyl sites for hydroxylation is 1. The third-order valence-electron chi connectivity index (χ3n) is 3.22. The maximum absolute atomic E-state index is 12.5. The minimum absolute atomic E-state index is 0.259. The first-order valence-corrected chi connectivity index (χ1v) is 7.55. The highest BCUT2D eigenvalue weighted by Gasteiger charge is 2.12. The number of aromatic amines is 1. The molecule has 0 aliphatic heterocycles. The van der Waals surface area contributed by atoms with Gasteiger partial charge in [0.05, 0.1) is 17.1 Å². The zero-order valence-electron chi connectivity index (χ0n) is 12.1. The first-order chi connectivity index (χ1) is 11.0. The fourth-order valence-electron chi connectivity index (χ4n) is 2.04. The van der Waals surface area contributed by atoms with Crippen LogP contribution in [0, 0.1) is 6.92 Å². The van der Waals surface area contributed by atoms with Crippen LogP contribution in [-0.4, -0.2) is 9.78 Å². The fourth-order valence-corrected chi connectivity index (χ4v) is 2.29. The second-order valence-corrected chi connectivity index (χ2v) is 5.75. The Hall–Kier alpha value is -2.37. The SMILES string of the molecule is Cc1[nH]n(-c2ccc(Cl)cc2)c(=O)c1N=Nc1ccc(Cl)cc1. The number of aromatic nitrogens is 2. The highest BCUT2D eigenvalue weighted by molar-refractivity contribution is 6.30. The molecule has 0 amide bonds. The van der Waals surface area contributed by atoms with Gasteiger partial charge in [-0.3, -0.25) is 9.89 Å². The lowest BCUT2D eigenvalue weighted by atomic mass is 10.3. The Morgan fingerprint density at radius 2 is 1.48 bits per heavy atom. The maximum atomic E-state index is 12.5. The van der Waals surface area contributed by atoms with E-state index >= 15 is 0 Å². The number of rotatable bonds is 3. The second kappa shape index (κ2) is 6.40. The smallest absolute Gasteiger partial charge is 0.293 e. The van der Waals surface area contributed by atoms with Crippen LogP contribution in [0.1, 0.15) is 5.69 Å². The Morgan fingerprint density at radius 3 is 2.09 bits per heavy atom. The molecule has 3 aromatic rings. The van der Waals surface area contributed by atoms with Gasteiger partial charge in [-0.1, -0.05) is 23.2 Å². The van der Waals surface area contributed by atoms with Gasteiger partial charge in [0, 0.05) is 10.0 Å². The summed E-state index contributed by atoms with van der Waals surface area (Å²) >= 11 is 11.7. The van der Waals surface area contributed by atoms with E-state index in [0.29, 0.717) is 27.1 Å². The van der Waals surface area contributed by atoms with Crippen LogP contribution in [0.2, 0.25) is 10.0 Å². The van der Waals surface area contributed by atoms with Crippen LogP contribution >= 0.6 is 23.2 Å². The summed E-state index contributed by atoms with van der Waals surface area (Å²) in [6.07, 6.45) is 0. The molecule has 0 aliphatic carbocycles. The Balaban J connectivity index is 1.96. The summed E-state index contributed by atoms with van der Waals surface area (Å²) in [5.41, 5.74) is 1.91. The average Bonchev–Trinajstić information content (AvgIpc) is 2.82. The summed E-state index contributed by atoms with van der Waals surface area (Å²) in [6, 6.07) is 13.8. The largest absolute Gasteiger partial charge is 0.299 e. The molecule has 0 bridgehead atoms. The summed E-state index contributed by atoms with van der Waals surface area (Å²) in [5.74, 6) is 0.